The highest BCUT2D eigenvalue weighted by atomic mass is 35.5. The van der Waals surface area contributed by atoms with Gasteiger partial charge in [-0.3, -0.25) is 0 Å². The van der Waals surface area contributed by atoms with Crippen LogP contribution in [0.5, 0.6) is 0 Å². The van der Waals surface area contributed by atoms with Gasteiger partial charge in [0.25, 0.3) is 0 Å². The smallest absolute Gasteiger partial charge is 0.244 e. The minimum atomic E-state index is -3.41. The van der Waals surface area contributed by atoms with Crippen molar-refractivity contribution < 1.29 is 8.42 Å². The van der Waals surface area contributed by atoms with Crippen molar-refractivity contribution in [3.8, 4) is 0 Å². The monoisotopic (exact) mass is 322 g/mol. The Bertz CT molecular complexity index is 522. The molecule has 0 aromatic heterocycles. The van der Waals surface area contributed by atoms with Crippen LogP contribution < -0.4 is 5.73 Å². The molecule has 0 amide bonds. The summed E-state index contributed by atoms with van der Waals surface area (Å²) in [5.74, 6) is 0. The topological polar surface area (TPSA) is 63.4 Å². The van der Waals surface area contributed by atoms with Gasteiger partial charge in [-0.15, -0.1) is 24.2 Å². The van der Waals surface area contributed by atoms with E-state index >= 15 is 0 Å². The van der Waals surface area contributed by atoms with E-state index in [1.54, 1.807) is 16.4 Å². The number of thioether (sulfide) groups is 1. The van der Waals surface area contributed by atoms with E-state index in [4.69, 9.17) is 5.73 Å². The zero-order chi connectivity index (χ0) is 13.2. The van der Waals surface area contributed by atoms with E-state index in [2.05, 4.69) is 0 Å². The first kappa shape index (κ1) is 16.8. The molecule has 1 fully saturated rings. The molecule has 1 aliphatic rings. The second-order valence-corrected chi connectivity index (χ2v) is 7.01. The SMILES string of the molecule is CSc1ccccc1S(=O)(=O)N1CCCC1CN.Cl. The lowest BCUT2D eigenvalue weighted by atomic mass is 10.2. The van der Waals surface area contributed by atoms with Crippen LogP contribution in [0.4, 0.5) is 0 Å². The van der Waals surface area contributed by atoms with Crippen molar-refractivity contribution in [1.29, 1.82) is 0 Å². The molecule has 4 nitrogen and oxygen atoms in total. The van der Waals surface area contributed by atoms with Crippen LogP contribution in [0, 0.1) is 0 Å². The summed E-state index contributed by atoms with van der Waals surface area (Å²) in [6.07, 6.45) is 3.64. The number of benzene rings is 1. The number of nitrogens with zero attached hydrogens (tertiary/aromatic N) is 1. The maximum atomic E-state index is 12.6. The first-order valence-electron chi connectivity index (χ1n) is 5.96. The molecule has 2 N–H and O–H groups in total. The lowest BCUT2D eigenvalue weighted by molar-refractivity contribution is 0.392. The molecule has 108 valence electrons. The zero-order valence-corrected chi connectivity index (χ0v) is 13.2. The molecular weight excluding hydrogens is 304 g/mol. The summed E-state index contributed by atoms with van der Waals surface area (Å²) in [4.78, 5) is 1.19. The van der Waals surface area contributed by atoms with Gasteiger partial charge < -0.3 is 5.73 Å². The van der Waals surface area contributed by atoms with E-state index in [9.17, 15) is 8.42 Å². The molecule has 1 aromatic carbocycles. The maximum absolute atomic E-state index is 12.6. The molecule has 0 saturated carbocycles. The van der Waals surface area contributed by atoms with Gasteiger partial charge in [0.15, 0.2) is 0 Å². The molecule has 2 rings (SSSR count). The first-order valence-corrected chi connectivity index (χ1v) is 8.62. The van der Waals surface area contributed by atoms with Crippen LogP contribution in [0.1, 0.15) is 12.8 Å². The first-order chi connectivity index (χ1) is 8.61. The van der Waals surface area contributed by atoms with Gasteiger partial charge in [-0.1, -0.05) is 12.1 Å². The Balaban J connectivity index is 0.00000180. The van der Waals surface area contributed by atoms with E-state index in [1.807, 2.05) is 18.4 Å². The molecule has 0 spiro atoms. The largest absolute Gasteiger partial charge is 0.329 e. The van der Waals surface area contributed by atoms with E-state index in [-0.39, 0.29) is 18.4 Å². The van der Waals surface area contributed by atoms with Crippen LogP contribution in [0.3, 0.4) is 0 Å². The van der Waals surface area contributed by atoms with Gasteiger partial charge in [0.1, 0.15) is 0 Å². The number of halogens is 1. The fourth-order valence-corrected chi connectivity index (χ4v) is 5.15. The quantitative estimate of drug-likeness (QED) is 0.860. The molecule has 0 aliphatic carbocycles. The summed E-state index contributed by atoms with van der Waals surface area (Å²) in [7, 11) is -3.41. The van der Waals surface area contributed by atoms with Gasteiger partial charge in [0, 0.05) is 24.0 Å². The van der Waals surface area contributed by atoms with E-state index in [0.29, 0.717) is 18.0 Å². The summed E-state index contributed by atoms with van der Waals surface area (Å²) in [5, 5.41) is 0. The molecule has 1 saturated heterocycles. The van der Waals surface area contributed by atoms with Crippen LogP contribution in [-0.4, -0.2) is 38.1 Å². The third-order valence-corrected chi connectivity index (χ3v) is 6.19. The van der Waals surface area contributed by atoms with Crippen molar-refractivity contribution in [1.82, 2.24) is 4.31 Å². The average Bonchev–Trinajstić information content (AvgIpc) is 2.87. The van der Waals surface area contributed by atoms with Gasteiger partial charge >= 0.3 is 0 Å². The molecule has 0 bridgehead atoms. The standard InChI is InChI=1S/C12H18N2O2S2.ClH/c1-17-11-6-2-3-7-12(11)18(15,16)14-8-4-5-10(14)9-13;/h2-3,6-7,10H,4-5,8-9,13H2,1H3;1H. The lowest BCUT2D eigenvalue weighted by Crippen LogP contribution is -2.40. The summed E-state index contributed by atoms with van der Waals surface area (Å²) < 4.78 is 26.8. The molecule has 1 aliphatic heterocycles. The molecular formula is C12H19ClN2O2S2. The van der Waals surface area contributed by atoms with Gasteiger partial charge in [-0.2, -0.15) is 4.31 Å². The molecule has 19 heavy (non-hydrogen) atoms. The van der Waals surface area contributed by atoms with Gasteiger partial charge in [0.2, 0.25) is 10.0 Å². The minimum absolute atomic E-state index is 0. The van der Waals surface area contributed by atoms with Crippen LogP contribution in [0.25, 0.3) is 0 Å². The van der Waals surface area contributed by atoms with Crippen LogP contribution >= 0.6 is 24.2 Å². The van der Waals surface area contributed by atoms with E-state index in [1.165, 1.54) is 11.8 Å². The predicted octanol–water partition coefficient (Wildman–Crippen LogP) is 1.94. The molecule has 7 heteroatoms. The average molecular weight is 323 g/mol. The second-order valence-electron chi connectivity index (χ2n) is 4.30. The lowest BCUT2D eigenvalue weighted by Gasteiger charge is -2.23. The van der Waals surface area contributed by atoms with Crippen molar-refractivity contribution in [3.63, 3.8) is 0 Å². The van der Waals surface area contributed by atoms with Crippen LogP contribution in [0.2, 0.25) is 0 Å². The third-order valence-electron chi connectivity index (χ3n) is 3.25. The summed E-state index contributed by atoms with van der Waals surface area (Å²) in [5.41, 5.74) is 5.66. The summed E-state index contributed by atoms with van der Waals surface area (Å²) in [6, 6.07) is 7.08. The van der Waals surface area contributed by atoms with Crippen molar-refractivity contribution in [2.45, 2.75) is 28.7 Å². The Kier molecular flexibility index (Phi) is 6.14. The molecule has 1 atom stereocenters. The van der Waals surface area contributed by atoms with Crippen molar-refractivity contribution in [3.05, 3.63) is 24.3 Å². The fraction of sp³-hybridized carbons (Fsp3) is 0.500. The Labute approximate surface area is 125 Å². The van der Waals surface area contributed by atoms with Crippen molar-refractivity contribution in [2.75, 3.05) is 19.3 Å². The molecule has 0 radical (unpaired) electrons. The predicted molar refractivity (Wildman–Crippen MR) is 81.4 cm³/mol. The van der Waals surface area contributed by atoms with Crippen LogP contribution in [0.15, 0.2) is 34.1 Å². The highest BCUT2D eigenvalue weighted by molar-refractivity contribution is 7.99. The third kappa shape index (κ3) is 3.25. The number of rotatable bonds is 4. The number of hydrogen-bond donors (Lipinski definition) is 1. The summed E-state index contributed by atoms with van der Waals surface area (Å²) in [6.45, 7) is 0.966. The zero-order valence-electron chi connectivity index (χ0n) is 10.8. The molecule has 1 aromatic rings. The molecule has 1 heterocycles. The van der Waals surface area contributed by atoms with Gasteiger partial charge in [0.05, 0.1) is 4.90 Å². The normalized spacial score (nSPS) is 20.2. The highest BCUT2D eigenvalue weighted by Crippen LogP contribution is 2.31. The fourth-order valence-electron chi connectivity index (χ4n) is 2.32. The van der Waals surface area contributed by atoms with Crippen molar-refractivity contribution in [2.24, 2.45) is 5.73 Å². The van der Waals surface area contributed by atoms with Gasteiger partial charge in [-0.25, -0.2) is 8.42 Å². The van der Waals surface area contributed by atoms with Crippen LogP contribution in [-0.2, 0) is 10.0 Å². The van der Waals surface area contributed by atoms with Gasteiger partial charge in [-0.05, 0) is 31.2 Å². The van der Waals surface area contributed by atoms with E-state index in [0.717, 1.165) is 17.7 Å². The number of nitrogens with two attached hydrogens (primary N) is 1. The maximum Gasteiger partial charge on any atom is 0.244 e. The second kappa shape index (κ2) is 6.95. The Morgan fingerprint density at radius 1 is 1.42 bits per heavy atom. The Morgan fingerprint density at radius 3 is 2.74 bits per heavy atom. The Morgan fingerprint density at radius 2 is 2.11 bits per heavy atom. The summed E-state index contributed by atoms with van der Waals surface area (Å²) >= 11 is 1.45. The molecule has 1 unspecified atom stereocenters. The number of sulfonamides is 1. The number of hydrogen-bond acceptors (Lipinski definition) is 4. The van der Waals surface area contributed by atoms with E-state index < -0.39 is 10.0 Å². The van der Waals surface area contributed by atoms with Crippen molar-refractivity contribution >= 4 is 34.2 Å². The highest BCUT2D eigenvalue weighted by Gasteiger charge is 2.35. The minimum Gasteiger partial charge on any atom is -0.329 e. The Hall–Kier alpha value is -0.270.